The molecule has 0 aromatic carbocycles. The smallest absolute Gasteiger partial charge is 0.293 e. The Morgan fingerprint density at radius 3 is 3.00 bits per heavy atom. The highest BCUT2D eigenvalue weighted by molar-refractivity contribution is 7.13. The van der Waals surface area contributed by atoms with Gasteiger partial charge in [-0.15, -0.1) is 11.3 Å². The van der Waals surface area contributed by atoms with Gasteiger partial charge in [-0.3, -0.25) is 4.79 Å². The Bertz CT molecular complexity index is 290. The van der Waals surface area contributed by atoms with Gasteiger partial charge in [-0.25, -0.2) is 4.98 Å². The van der Waals surface area contributed by atoms with Crippen LogP contribution in [0.25, 0.3) is 0 Å². The van der Waals surface area contributed by atoms with E-state index < -0.39 is 0 Å². The minimum absolute atomic E-state index is 0.0866. The van der Waals surface area contributed by atoms with Crippen molar-refractivity contribution in [2.45, 2.75) is 5.92 Å². The molecule has 0 aliphatic carbocycles. The van der Waals surface area contributed by atoms with E-state index in [1.807, 2.05) is 0 Å². The van der Waals surface area contributed by atoms with E-state index in [4.69, 9.17) is 10.5 Å². The van der Waals surface area contributed by atoms with E-state index in [0.29, 0.717) is 18.1 Å². The molecule has 0 amide bonds. The number of thiazole rings is 1. The molecule has 0 aliphatic heterocycles. The van der Waals surface area contributed by atoms with Crippen molar-refractivity contribution in [1.82, 2.24) is 4.98 Å². The highest BCUT2D eigenvalue weighted by Gasteiger charge is 2.17. The van der Waals surface area contributed by atoms with Crippen LogP contribution in [0, 0.1) is 0 Å². The molecule has 1 unspecified atom stereocenters. The number of anilines is 1. The first-order valence-corrected chi connectivity index (χ1v) is 4.90. The third-order valence-corrected chi connectivity index (χ3v) is 2.42. The van der Waals surface area contributed by atoms with Crippen molar-refractivity contribution >= 4 is 22.8 Å². The van der Waals surface area contributed by atoms with Gasteiger partial charge in [-0.2, -0.15) is 0 Å². The molecule has 2 N–H and O–H groups in total. The second kappa shape index (κ2) is 5.56. The van der Waals surface area contributed by atoms with Crippen LogP contribution in [-0.2, 0) is 14.3 Å². The normalized spacial score (nSPS) is 12.4. The molecule has 14 heavy (non-hydrogen) atoms. The van der Waals surface area contributed by atoms with Gasteiger partial charge < -0.3 is 15.2 Å². The molecule has 1 rings (SSSR count). The molecule has 0 bridgehead atoms. The quantitative estimate of drug-likeness (QED) is 0.706. The minimum atomic E-state index is -0.0866. The molecule has 78 valence electrons. The van der Waals surface area contributed by atoms with Crippen molar-refractivity contribution in [2.75, 3.05) is 26.1 Å². The Morgan fingerprint density at radius 1 is 1.71 bits per heavy atom. The number of nitrogens with zero attached hydrogens (tertiary/aromatic N) is 1. The predicted octanol–water partition coefficient (Wildman–Crippen LogP) is 0.628. The molecule has 0 aliphatic rings. The van der Waals surface area contributed by atoms with Gasteiger partial charge in [-0.1, -0.05) is 0 Å². The van der Waals surface area contributed by atoms with Crippen LogP contribution in [0.4, 0.5) is 5.00 Å². The number of ether oxygens (including phenoxy) is 2. The lowest BCUT2D eigenvalue weighted by Gasteiger charge is -2.12. The molecule has 6 heteroatoms. The van der Waals surface area contributed by atoms with Crippen molar-refractivity contribution in [3.8, 4) is 0 Å². The van der Waals surface area contributed by atoms with Crippen molar-refractivity contribution in [3.05, 3.63) is 11.2 Å². The van der Waals surface area contributed by atoms with E-state index in [0.717, 1.165) is 5.69 Å². The van der Waals surface area contributed by atoms with Gasteiger partial charge >= 0.3 is 0 Å². The van der Waals surface area contributed by atoms with Crippen molar-refractivity contribution < 1.29 is 14.3 Å². The zero-order valence-corrected chi connectivity index (χ0v) is 8.62. The van der Waals surface area contributed by atoms with E-state index in [2.05, 4.69) is 9.72 Å². The molecule has 0 radical (unpaired) electrons. The summed E-state index contributed by atoms with van der Waals surface area (Å²) in [6.07, 6.45) is 0. The molecular weight excluding hydrogens is 204 g/mol. The number of aromatic nitrogens is 1. The molecule has 0 fully saturated rings. The number of rotatable bonds is 6. The molecule has 0 saturated heterocycles. The fraction of sp³-hybridized carbons (Fsp3) is 0.500. The van der Waals surface area contributed by atoms with Crippen molar-refractivity contribution in [1.29, 1.82) is 0 Å². The summed E-state index contributed by atoms with van der Waals surface area (Å²) in [5.74, 6) is -0.0866. The first-order chi connectivity index (χ1) is 6.79. The number of carbonyl (C=O) groups is 1. The molecule has 1 aromatic heterocycles. The summed E-state index contributed by atoms with van der Waals surface area (Å²) in [7, 11) is 1.58. The molecular formula is C8H12N2O3S. The lowest BCUT2D eigenvalue weighted by molar-refractivity contribution is -0.129. The fourth-order valence-electron chi connectivity index (χ4n) is 1.13. The second-order valence-corrected chi connectivity index (χ2v) is 3.57. The first-order valence-electron chi connectivity index (χ1n) is 4.02. The number of methoxy groups -OCH3 is 1. The molecule has 1 atom stereocenters. The highest BCUT2D eigenvalue weighted by atomic mass is 32.1. The Hall–Kier alpha value is -1.14. The summed E-state index contributed by atoms with van der Waals surface area (Å²) < 4.78 is 9.67. The number of nitrogen functional groups attached to an aromatic ring is 1. The van der Waals surface area contributed by atoms with Crippen LogP contribution in [0.15, 0.2) is 5.51 Å². The zero-order valence-electron chi connectivity index (χ0n) is 7.80. The lowest BCUT2D eigenvalue weighted by atomic mass is 10.1. The average molecular weight is 216 g/mol. The monoisotopic (exact) mass is 216 g/mol. The SMILES string of the molecule is COCC(COC=O)c1ncsc1N. The maximum Gasteiger partial charge on any atom is 0.293 e. The summed E-state index contributed by atoms with van der Waals surface area (Å²) >= 11 is 1.36. The second-order valence-electron chi connectivity index (χ2n) is 2.68. The Labute approximate surface area is 85.8 Å². The average Bonchev–Trinajstić information content (AvgIpc) is 2.59. The largest absolute Gasteiger partial charge is 0.467 e. The van der Waals surface area contributed by atoms with Gasteiger partial charge in [0.15, 0.2) is 0 Å². The fourth-order valence-corrected chi connectivity index (χ4v) is 1.75. The minimum Gasteiger partial charge on any atom is -0.467 e. The number of hydrogen-bond acceptors (Lipinski definition) is 6. The summed E-state index contributed by atoms with van der Waals surface area (Å²) in [6, 6.07) is 0. The molecule has 1 heterocycles. The van der Waals surface area contributed by atoms with Crippen LogP contribution < -0.4 is 5.73 Å². The maximum absolute atomic E-state index is 10.1. The van der Waals surface area contributed by atoms with Crippen LogP contribution in [0.2, 0.25) is 0 Å². The predicted molar refractivity (Wildman–Crippen MR) is 53.2 cm³/mol. The summed E-state index contributed by atoms with van der Waals surface area (Å²) in [5, 5.41) is 0.640. The number of nitrogens with two attached hydrogens (primary N) is 1. The Kier molecular flexibility index (Phi) is 4.34. The van der Waals surface area contributed by atoms with Gasteiger partial charge in [-0.05, 0) is 0 Å². The van der Waals surface area contributed by atoms with Crippen LogP contribution in [-0.4, -0.2) is 31.8 Å². The summed E-state index contributed by atoms with van der Waals surface area (Å²) in [5.41, 5.74) is 8.10. The zero-order chi connectivity index (χ0) is 10.4. The molecule has 1 aromatic rings. The number of carbonyl (C=O) groups excluding carboxylic acids is 1. The summed E-state index contributed by atoms with van der Waals surface area (Å²) in [4.78, 5) is 14.2. The van der Waals surface area contributed by atoms with Gasteiger partial charge in [0.05, 0.1) is 23.7 Å². The summed E-state index contributed by atoms with van der Waals surface area (Å²) in [6.45, 7) is 1.08. The van der Waals surface area contributed by atoms with Gasteiger partial charge in [0.25, 0.3) is 6.47 Å². The van der Waals surface area contributed by atoms with Crippen LogP contribution >= 0.6 is 11.3 Å². The Morgan fingerprint density at radius 2 is 2.50 bits per heavy atom. The van der Waals surface area contributed by atoms with Gasteiger partial charge in [0, 0.05) is 7.11 Å². The van der Waals surface area contributed by atoms with Gasteiger partial charge in [0.2, 0.25) is 0 Å². The first kappa shape index (κ1) is 10.9. The van der Waals surface area contributed by atoms with E-state index in [9.17, 15) is 4.79 Å². The van der Waals surface area contributed by atoms with Crippen LogP contribution in [0.3, 0.4) is 0 Å². The maximum atomic E-state index is 10.1. The van der Waals surface area contributed by atoms with Crippen LogP contribution in [0.1, 0.15) is 11.6 Å². The van der Waals surface area contributed by atoms with E-state index in [1.54, 1.807) is 12.6 Å². The highest BCUT2D eigenvalue weighted by Crippen LogP contribution is 2.24. The molecule has 0 saturated carbocycles. The third-order valence-electron chi connectivity index (χ3n) is 1.74. The number of hydrogen-bond donors (Lipinski definition) is 1. The van der Waals surface area contributed by atoms with E-state index in [1.165, 1.54) is 11.3 Å². The van der Waals surface area contributed by atoms with Crippen molar-refractivity contribution in [3.63, 3.8) is 0 Å². The topological polar surface area (TPSA) is 74.4 Å². The third kappa shape index (κ3) is 2.68. The molecule has 0 spiro atoms. The van der Waals surface area contributed by atoms with E-state index in [-0.39, 0.29) is 12.5 Å². The van der Waals surface area contributed by atoms with Crippen molar-refractivity contribution in [2.24, 2.45) is 0 Å². The Balaban J connectivity index is 2.66. The van der Waals surface area contributed by atoms with Crippen LogP contribution in [0.5, 0.6) is 0 Å². The molecule has 5 nitrogen and oxygen atoms in total. The van der Waals surface area contributed by atoms with Gasteiger partial charge in [0.1, 0.15) is 11.6 Å². The lowest BCUT2D eigenvalue weighted by Crippen LogP contribution is -2.14. The van der Waals surface area contributed by atoms with E-state index >= 15 is 0 Å². The standard InChI is InChI=1S/C8H12N2O3S/c1-12-2-6(3-13-5-11)7-8(9)14-4-10-7/h4-6H,2-3,9H2,1H3.